The summed E-state index contributed by atoms with van der Waals surface area (Å²) in [4.78, 5) is 0.438. The van der Waals surface area contributed by atoms with Gasteiger partial charge in [-0.05, 0) is 43.5 Å². The molecule has 3 nitrogen and oxygen atoms in total. The van der Waals surface area contributed by atoms with Gasteiger partial charge >= 0.3 is 0 Å². The van der Waals surface area contributed by atoms with Crippen molar-refractivity contribution >= 4 is 28.1 Å². The Kier molecular flexibility index (Phi) is 4.33. The van der Waals surface area contributed by atoms with E-state index in [1.807, 2.05) is 12.1 Å². The van der Waals surface area contributed by atoms with Gasteiger partial charge in [0.05, 0.1) is 0 Å². The van der Waals surface area contributed by atoms with E-state index in [0.29, 0.717) is 4.99 Å². The van der Waals surface area contributed by atoms with Gasteiger partial charge in [-0.1, -0.05) is 12.2 Å². The van der Waals surface area contributed by atoms with Gasteiger partial charge in [-0.2, -0.15) is 0 Å². The minimum Gasteiger partial charge on any atom is -0.396 e. The lowest BCUT2D eigenvalue weighted by molar-refractivity contribution is 0.282. The number of rotatable bonds is 6. The van der Waals surface area contributed by atoms with E-state index in [-0.39, 0.29) is 6.61 Å². The molecule has 0 spiro atoms. The number of nitrogens with two attached hydrogens (primary N) is 1. The van der Waals surface area contributed by atoms with Gasteiger partial charge in [0.1, 0.15) is 4.99 Å². The molecular weight excluding hydrogens is 244 g/mol. The molecule has 0 atom stereocenters. The molecule has 0 aliphatic rings. The smallest absolute Gasteiger partial charge is 0.104 e. The monoisotopic (exact) mass is 262 g/mol. The second-order valence-electron chi connectivity index (χ2n) is 4.43. The number of fused-ring (bicyclic) bond motifs is 1. The molecule has 0 bridgehead atoms. The molecule has 96 valence electrons. The highest BCUT2D eigenvalue weighted by Gasteiger charge is 2.03. The van der Waals surface area contributed by atoms with Gasteiger partial charge < -0.3 is 15.4 Å². The number of aryl methyl sites for hydroxylation is 1. The minimum absolute atomic E-state index is 0.281. The summed E-state index contributed by atoms with van der Waals surface area (Å²) in [5.74, 6) is 0. The topological polar surface area (TPSA) is 51.2 Å². The number of aliphatic hydroxyl groups is 1. The summed E-state index contributed by atoms with van der Waals surface area (Å²) in [7, 11) is 0. The van der Waals surface area contributed by atoms with Crippen LogP contribution in [0.3, 0.4) is 0 Å². The van der Waals surface area contributed by atoms with Crippen LogP contribution in [0.25, 0.3) is 10.9 Å². The first kappa shape index (κ1) is 13.1. The molecule has 0 aliphatic heterocycles. The van der Waals surface area contributed by atoms with Gasteiger partial charge in [-0.3, -0.25) is 0 Å². The zero-order chi connectivity index (χ0) is 13.0. The van der Waals surface area contributed by atoms with E-state index >= 15 is 0 Å². The van der Waals surface area contributed by atoms with Crippen molar-refractivity contribution in [2.24, 2.45) is 5.73 Å². The highest BCUT2D eigenvalue weighted by atomic mass is 32.1. The molecule has 3 N–H and O–H groups in total. The average Bonchev–Trinajstić information content (AvgIpc) is 2.77. The molecule has 0 saturated heterocycles. The Labute approximate surface area is 112 Å². The van der Waals surface area contributed by atoms with E-state index in [9.17, 15) is 0 Å². The first-order chi connectivity index (χ1) is 8.72. The maximum atomic E-state index is 8.75. The lowest BCUT2D eigenvalue weighted by Gasteiger charge is -2.05. The van der Waals surface area contributed by atoms with Crippen molar-refractivity contribution in [2.75, 3.05) is 6.61 Å². The molecule has 0 saturated carbocycles. The van der Waals surface area contributed by atoms with Crippen molar-refractivity contribution in [3.63, 3.8) is 0 Å². The Bertz CT molecular complexity index is 548. The van der Waals surface area contributed by atoms with Crippen molar-refractivity contribution in [1.29, 1.82) is 0 Å². The molecule has 1 aromatic heterocycles. The number of aliphatic hydroxyl groups excluding tert-OH is 1. The van der Waals surface area contributed by atoms with Crippen molar-refractivity contribution in [3.8, 4) is 0 Å². The van der Waals surface area contributed by atoms with Crippen LogP contribution in [0.2, 0.25) is 0 Å². The van der Waals surface area contributed by atoms with Crippen LogP contribution in [0, 0.1) is 0 Å². The van der Waals surface area contributed by atoms with Crippen LogP contribution in [0.4, 0.5) is 0 Å². The van der Waals surface area contributed by atoms with Crippen molar-refractivity contribution in [2.45, 2.75) is 25.8 Å². The van der Waals surface area contributed by atoms with E-state index in [1.165, 1.54) is 10.9 Å². The molecule has 0 amide bonds. The SMILES string of the molecule is NC(=S)c1ccc2c(ccn2CCCCCO)c1. The maximum absolute atomic E-state index is 8.75. The highest BCUT2D eigenvalue weighted by Crippen LogP contribution is 2.18. The summed E-state index contributed by atoms with van der Waals surface area (Å²) in [5, 5.41) is 9.92. The van der Waals surface area contributed by atoms with Crippen molar-refractivity contribution in [1.82, 2.24) is 4.57 Å². The molecule has 4 heteroatoms. The molecule has 0 fully saturated rings. The summed E-state index contributed by atoms with van der Waals surface area (Å²) >= 11 is 4.98. The van der Waals surface area contributed by atoms with E-state index in [2.05, 4.69) is 22.9 Å². The van der Waals surface area contributed by atoms with E-state index < -0.39 is 0 Å². The van der Waals surface area contributed by atoms with Crippen LogP contribution in [0.15, 0.2) is 30.5 Å². The zero-order valence-electron chi connectivity index (χ0n) is 10.3. The Hall–Kier alpha value is -1.39. The Morgan fingerprint density at radius 1 is 1.22 bits per heavy atom. The quantitative estimate of drug-likeness (QED) is 0.621. The van der Waals surface area contributed by atoms with Crippen molar-refractivity contribution < 1.29 is 5.11 Å². The lowest BCUT2D eigenvalue weighted by Crippen LogP contribution is -2.08. The van der Waals surface area contributed by atoms with E-state index in [4.69, 9.17) is 23.1 Å². The van der Waals surface area contributed by atoms with Gasteiger partial charge in [0.15, 0.2) is 0 Å². The number of hydrogen-bond acceptors (Lipinski definition) is 2. The maximum Gasteiger partial charge on any atom is 0.104 e. The van der Waals surface area contributed by atoms with E-state index in [0.717, 1.165) is 31.4 Å². The second kappa shape index (κ2) is 5.98. The minimum atomic E-state index is 0.281. The fourth-order valence-corrected chi connectivity index (χ4v) is 2.25. The first-order valence-electron chi connectivity index (χ1n) is 6.22. The first-order valence-corrected chi connectivity index (χ1v) is 6.63. The number of thiocarbonyl (C=S) groups is 1. The molecule has 2 aromatic rings. The summed E-state index contributed by atoms with van der Waals surface area (Å²) in [5.41, 5.74) is 7.75. The molecule has 18 heavy (non-hydrogen) atoms. The standard InChI is InChI=1S/C14H18N2OS/c15-14(18)12-4-5-13-11(10-12)6-8-16(13)7-2-1-3-9-17/h4-6,8,10,17H,1-3,7,9H2,(H2,15,18). The van der Waals surface area contributed by atoms with Crippen LogP contribution >= 0.6 is 12.2 Å². The van der Waals surface area contributed by atoms with Crippen LogP contribution in [0.5, 0.6) is 0 Å². The normalized spacial score (nSPS) is 10.9. The van der Waals surface area contributed by atoms with Crippen LogP contribution in [-0.4, -0.2) is 21.3 Å². The third-order valence-corrected chi connectivity index (χ3v) is 3.35. The lowest BCUT2D eigenvalue weighted by atomic mass is 10.1. The third kappa shape index (κ3) is 2.89. The number of benzene rings is 1. The Balaban J connectivity index is 2.13. The Morgan fingerprint density at radius 3 is 2.78 bits per heavy atom. The highest BCUT2D eigenvalue weighted by molar-refractivity contribution is 7.80. The summed E-state index contributed by atoms with van der Waals surface area (Å²) in [6, 6.07) is 8.15. The van der Waals surface area contributed by atoms with Gasteiger partial charge in [-0.25, -0.2) is 0 Å². The van der Waals surface area contributed by atoms with E-state index in [1.54, 1.807) is 0 Å². The van der Waals surface area contributed by atoms with Crippen LogP contribution < -0.4 is 5.73 Å². The molecule has 0 radical (unpaired) electrons. The predicted octanol–water partition coefficient (Wildman–Crippen LogP) is 2.44. The van der Waals surface area contributed by atoms with Crippen LogP contribution in [0.1, 0.15) is 24.8 Å². The third-order valence-electron chi connectivity index (χ3n) is 3.11. The fraction of sp³-hybridized carbons (Fsp3) is 0.357. The Morgan fingerprint density at radius 2 is 2.06 bits per heavy atom. The zero-order valence-corrected chi connectivity index (χ0v) is 11.1. The van der Waals surface area contributed by atoms with Gasteiger partial charge in [0.25, 0.3) is 0 Å². The van der Waals surface area contributed by atoms with Gasteiger partial charge in [0, 0.05) is 35.8 Å². The van der Waals surface area contributed by atoms with Gasteiger partial charge in [0.2, 0.25) is 0 Å². The molecular formula is C14H18N2OS. The summed E-state index contributed by atoms with van der Waals surface area (Å²) in [6.45, 7) is 1.26. The fourth-order valence-electron chi connectivity index (χ4n) is 2.12. The summed E-state index contributed by atoms with van der Waals surface area (Å²) < 4.78 is 2.23. The average molecular weight is 262 g/mol. The van der Waals surface area contributed by atoms with Gasteiger partial charge in [-0.15, -0.1) is 0 Å². The molecule has 1 aromatic carbocycles. The molecule has 2 rings (SSSR count). The largest absolute Gasteiger partial charge is 0.396 e. The van der Waals surface area contributed by atoms with Crippen LogP contribution in [-0.2, 0) is 6.54 Å². The molecule has 1 heterocycles. The second-order valence-corrected chi connectivity index (χ2v) is 4.87. The number of unbranched alkanes of at least 4 members (excludes halogenated alkanes) is 2. The number of hydrogen-bond donors (Lipinski definition) is 2. The number of aromatic nitrogens is 1. The van der Waals surface area contributed by atoms with Crippen molar-refractivity contribution in [3.05, 3.63) is 36.0 Å². The molecule has 0 aliphatic carbocycles. The molecule has 0 unspecified atom stereocenters. The predicted molar refractivity (Wildman–Crippen MR) is 78.8 cm³/mol. The summed E-state index contributed by atoms with van der Waals surface area (Å²) in [6.07, 6.45) is 5.11. The number of nitrogens with zero attached hydrogens (tertiary/aromatic N) is 1.